The lowest BCUT2D eigenvalue weighted by molar-refractivity contribution is 0.252. The summed E-state index contributed by atoms with van der Waals surface area (Å²) in [4.78, 5) is 1.51. The zero-order chi connectivity index (χ0) is 23.2. The Morgan fingerprint density at radius 2 is 1.70 bits per heavy atom. The highest BCUT2D eigenvalue weighted by Crippen LogP contribution is 2.29. The Labute approximate surface area is 188 Å². The van der Waals surface area contributed by atoms with E-state index in [4.69, 9.17) is 9.84 Å². The van der Waals surface area contributed by atoms with Crippen LogP contribution in [0.2, 0.25) is 0 Å². The molecule has 2 aromatic rings. The number of aryl methyl sites for hydroxylation is 2. The average molecular weight is 440 g/mol. The summed E-state index contributed by atoms with van der Waals surface area (Å²) in [6.45, 7) is 5.39. The smallest absolute Gasteiger partial charge is 0.122 e. The number of hydrogen-bond acceptors (Lipinski definition) is 6. The molecule has 0 aliphatic heterocycles. The third-order valence-electron chi connectivity index (χ3n) is 4.54. The SMILES string of the molecule is CCc1cc(CCC(CC)c2cccs2)ccc1OCCCCO.CN.CN.CN. The average Bonchev–Trinajstić information content (AvgIpc) is 3.36. The molecule has 0 fully saturated rings. The van der Waals surface area contributed by atoms with Crippen LogP contribution in [-0.2, 0) is 12.8 Å². The van der Waals surface area contributed by atoms with E-state index >= 15 is 0 Å². The van der Waals surface area contributed by atoms with Gasteiger partial charge >= 0.3 is 0 Å². The molecule has 0 radical (unpaired) electrons. The molecule has 0 aliphatic rings. The molecule has 30 heavy (non-hydrogen) atoms. The van der Waals surface area contributed by atoms with Gasteiger partial charge in [0, 0.05) is 11.5 Å². The zero-order valence-corrected chi connectivity index (χ0v) is 20.5. The third-order valence-corrected chi connectivity index (χ3v) is 5.57. The minimum absolute atomic E-state index is 0.242. The van der Waals surface area contributed by atoms with E-state index in [0.717, 1.165) is 31.4 Å². The van der Waals surface area contributed by atoms with E-state index < -0.39 is 0 Å². The molecule has 0 saturated heterocycles. The van der Waals surface area contributed by atoms with Crippen LogP contribution < -0.4 is 21.9 Å². The standard InChI is InChI=1S/C21H30O2S.3CH5N/c1-3-18(21-8-7-15-24-21)11-9-17-10-12-20(19(4-2)16-17)23-14-6-5-13-22;3*1-2/h7-8,10,12,15-16,18,22H,3-6,9,11,13-14H2,1-2H3;3*2H2,1H3. The summed E-state index contributed by atoms with van der Waals surface area (Å²) in [5.41, 5.74) is 16.2. The monoisotopic (exact) mass is 439 g/mol. The second-order valence-corrected chi connectivity index (χ2v) is 7.21. The number of ether oxygens (including phenoxy) is 1. The van der Waals surface area contributed by atoms with Gasteiger partial charge in [0.15, 0.2) is 0 Å². The van der Waals surface area contributed by atoms with Crippen LogP contribution in [0.4, 0.5) is 0 Å². The highest BCUT2D eigenvalue weighted by molar-refractivity contribution is 7.10. The van der Waals surface area contributed by atoms with Crippen LogP contribution in [0.1, 0.15) is 61.5 Å². The summed E-state index contributed by atoms with van der Waals surface area (Å²) < 4.78 is 5.88. The second-order valence-electron chi connectivity index (χ2n) is 6.23. The number of aliphatic hydroxyl groups excluding tert-OH is 1. The summed E-state index contributed by atoms with van der Waals surface area (Å²) in [5, 5.41) is 11.0. The van der Waals surface area contributed by atoms with Crippen LogP contribution in [-0.4, -0.2) is 39.5 Å². The van der Waals surface area contributed by atoms with Crippen molar-refractivity contribution in [1.82, 2.24) is 0 Å². The third kappa shape index (κ3) is 12.3. The molecule has 1 aromatic carbocycles. The van der Waals surface area contributed by atoms with Crippen molar-refractivity contribution in [2.24, 2.45) is 17.2 Å². The van der Waals surface area contributed by atoms with Gasteiger partial charge in [-0.2, -0.15) is 0 Å². The first-order valence-electron chi connectivity index (χ1n) is 10.9. The van der Waals surface area contributed by atoms with Crippen LogP contribution in [0.5, 0.6) is 5.75 Å². The molecule has 0 bridgehead atoms. The second kappa shape index (κ2) is 22.2. The Balaban J connectivity index is 0. The predicted octanol–water partition coefficient (Wildman–Crippen LogP) is 4.31. The summed E-state index contributed by atoms with van der Waals surface area (Å²) in [6, 6.07) is 11.1. The van der Waals surface area contributed by atoms with Crippen molar-refractivity contribution in [3.8, 4) is 5.75 Å². The largest absolute Gasteiger partial charge is 0.493 e. The van der Waals surface area contributed by atoms with Gasteiger partial charge in [0.2, 0.25) is 0 Å². The molecule has 0 aliphatic carbocycles. The molecule has 6 heteroatoms. The van der Waals surface area contributed by atoms with Crippen LogP contribution >= 0.6 is 11.3 Å². The molecule has 0 saturated carbocycles. The van der Waals surface area contributed by atoms with Crippen molar-refractivity contribution < 1.29 is 9.84 Å². The molecule has 0 spiro atoms. The Bertz CT molecular complexity index is 592. The number of hydrogen-bond donors (Lipinski definition) is 4. The lowest BCUT2D eigenvalue weighted by Gasteiger charge is -2.15. The van der Waals surface area contributed by atoms with E-state index in [0.29, 0.717) is 12.5 Å². The normalized spacial score (nSPS) is 10.4. The van der Waals surface area contributed by atoms with Gasteiger partial charge in [-0.1, -0.05) is 32.0 Å². The quantitative estimate of drug-likeness (QED) is 0.390. The summed E-state index contributed by atoms with van der Waals surface area (Å²) in [6.07, 6.45) is 6.23. The first-order chi connectivity index (χ1) is 14.8. The van der Waals surface area contributed by atoms with Gasteiger partial charge in [-0.05, 0) is 94.2 Å². The van der Waals surface area contributed by atoms with Crippen LogP contribution in [0.3, 0.4) is 0 Å². The van der Waals surface area contributed by atoms with E-state index in [1.54, 1.807) is 0 Å². The summed E-state index contributed by atoms with van der Waals surface area (Å²) in [5.74, 6) is 1.67. The summed E-state index contributed by atoms with van der Waals surface area (Å²) >= 11 is 1.88. The Morgan fingerprint density at radius 3 is 2.23 bits per heavy atom. The van der Waals surface area contributed by atoms with Gasteiger partial charge in [0.05, 0.1) is 6.61 Å². The first kappa shape index (κ1) is 30.8. The highest BCUT2D eigenvalue weighted by atomic mass is 32.1. The lowest BCUT2D eigenvalue weighted by Crippen LogP contribution is -2.02. The van der Waals surface area contributed by atoms with Crippen molar-refractivity contribution in [3.05, 3.63) is 51.7 Å². The topological polar surface area (TPSA) is 108 Å². The Hall–Kier alpha value is -1.44. The van der Waals surface area contributed by atoms with Crippen LogP contribution in [0, 0.1) is 0 Å². The van der Waals surface area contributed by atoms with Crippen molar-refractivity contribution in [2.45, 2.75) is 58.3 Å². The van der Waals surface area contributed by atoms with Gasteiger partial charge in [-0.15, -0.1) is 11.3 Å². The molecule has 1 unspecified atom stereocenters. The van der Waals surface area contributed by atoms with Gasteiger partial charge in [0.25, 0.3) is 0 Å². The van der Waals surface area contributed by atoms with Gasteiger partial charge in [-0.3, -0.25) is 0 Å². The highest BCUT2D eigenvalue weighted by Gasteiger charge is 2.11. The van der Waals surface area contributed by atoms with Gasteiger partial charge in [-0.25, -0.2) is 0 Å². The van der Waals surface area contributed by atoms with E-state index in [1.165, 1.54) is 50.0 Å². The Morgan fingerprint density at radius 1 is 1.00 bits per heavy atom. The molecular weight excluding hydrogens is 394 g/mol. The number of nitrogens with two attached hydrogens (primary N) is 3. The summed E-state index contributed by atoms with van der Waals surface area (Å²) in [7, 11) is 4.50. The lowest BCUT2D eigenvalue weighted by atomic mass is 9.94. The van der Waals surface area contributed by atoms with Crippen LogP contribution in [0.15, 0.2) is 35.7 Å². The number of benzene rings is 1. The minimum atomic E-state index is 0.242. The molecule has 1 heterocycles. The van der Waals surface area contributed by atoms with Gasteiger partial charge in [0.1, 0.15) is 5.75 Å². The molecule has 1 atom stereocenters. The molecule has 5 nitrogen and oxygen atoms in total. The van der Waals surface area contributed by atoms with Crippen molar-refractivity contribution >= 4 is 11.3 Å². The number of rotatable bonds is 11. The maximum absolute atomic E-state index is 8.84. The van der Waals surface area contributed by atoms with E-state index in [1.807, 2.05) is 11.3 Å². The van der Waals surface area contributed by atoms with Crippen molar-refractivity contribution in [2.75, 3.05) is 34.4 Å². The van der Waals surface area contributed by atoms with Crippen LogP contribution in [0.25, 0.3) is 0 Å². The van der Waals surface area contributed by atoms with E-state index in [2.05, 4.69) is 66.8 Å². The molecule has 2 rings (SSSR count). The fourth-order valence-corrected chi connectivity index (χ4v) is 3.96. The minimum Gasteiger partial charge on any atom is -0.493 e. The molecule has 1 aromatic heterocycles. The molecular formula is C24H45N3O2S. The zero-order valence-electron chi connectivity index (χ0n) is 19.7. The number of unbranched alkanes of at least 4 members (excludes halogenated alkanes) is 1. The van der Waals surface area contributed by atoms with Crippen molar-refractivity contribution in [3.63, 3.8) is 0 Å². The molecule has 7 N–H and O–H groups in total. The number of aliphatic hydroxyl groups is 1. The van der Waals surface area contributed by atoms with E-state index in [9.17, 15) is 0 Å². The maximum Gasteiger partial charge on any atom is 0.122 e. The predicted molar refractivity (Wildman–Crippen MR) is 134 cm³/mol. The fourth-order valence-electron chi connectivity index (χ4n) is 3.01. The first-order valence-corrected chi connectivity index (χ1v) is 11.8. The molecule has 174 valence electrons. The molecule has 0 amide bonds. The fraction of sp³-hybridized carbons (Fsp3) is 0.583. The van der Waals surface area contributed by atoms with Gasteiger partial charge < -0.3 is 27.0 Å². The number of thiophene rings is 1. The Kier molecular flexibility index (Phi) is 22.8. The van der Waals surface area contributed by atoms with Crippen molar-refractivity contribution in [1.29, 1.82) is 0 Å². The van der Waals surface area contributed by atoms with E-state index in [-0.39, 0.29) is 6.61 Å². The maximum atomic E-state index is 8.84.